The number of ketones is 1. The van der Waals surface area contributed by atoms with Gasteiger partial charge in [0.1, 0.15) is 0 Å². The summed E-state index contributed by atoms with van der Waals surface area (Å²) in [5, 5.41) is 3.51. The summed E-state index contributed by atoms with van der Waals surface area (Å²) in [5.74, 6) is 2.76. The molecule has 0 radical (unpaired) electrons. The van der Waals surface area contributed by atoms with E-state index in [0.29, 0.717) is 40.7 Å². The number of methoxy groups -OCH3 is 2. The lowest BCUT2D eigenvalue weighted by Gasteiger charge is -2.13. The van der Waals surface area contributed by atoms with Crippen LogP contribution in [-0.2, 0) is 6.42 Å². The molecule has 1 heterocycles. The second kappa shape index (κ2) is 8.30. The molecule has 1 aliphatic carbocycles. The van der Waals surface area contributed by atoms with Gasteiger partial charge in [0.15, 0.2) is 28.8 Å². The van der Waals surface area contributed by atoms with E-state index in [4.69, 9.17) is 18.9 Å². The Morgan fingerprint density at radius 1 is 0.875 bits per heavy atom. The quantitative estimate of drug-likeness (QED) is 0.603. The Morgan fingerprint density at radius 2 is 1.66 bits per heavy atom. The third-order valence-electron chi connectivity index (χ3n) is 5.74. The predicted molar refractivity (Wildman–Crippen MR) is 121 cm³/mol. The number of Topliss-reactive ketones (excluding diaryl/α,β-unsaturated/α-hetero) is 1. The molecule has 6 heteroatoms. The highest BCUT2D eigenvalue weighted by molar-refractivity contribution is 6.39. The van der Waals surface area contributed by atoms with Crippen molar-refractivity contribution in [2.75, 3.05) is 27.6 Å². The van der Waals surface area contributed by atoms with Crippen LogP contribution in [0.2, 0.25) is 0 Å². The molecule has 6 nitrogen and oxygen atoms in total. The molecule has 0 fully saturated rings. The number of benzene rings is 3. The first-order valence-electron chi connectivity index (χ1n) is 10.4. The third kappa shape index (κ3) is 3.43. The molecule has 0 saturated heterocycles. The van der Waals surface area contributed by atoms with E-state index in [0.717, 1.165) is 28.8 Å². The molecular weight excluding hydrogens is 406 g/mol. The number of carbonyl (C=O) groups is 1. The van der Waals surface area contributed by atoms with Gasteiger partial charge in [-0.25, -0.2) is 0 Å². The van der Waals surface area contributed by atoms with Crippen LogP contribution in [0.1, 0.15) is 27.0 Å². The van der Waals surface area contributed by atoms with Crippen LogP contribution in [0, 0.1) is 0 Å². The molecule has 3 aromatic carbocycles. The lowest BCUT2D eigenvalue weighted by molar-refractivity contribution is 0.105. The van der Waals surface area contributed by atoms with Crippen molar-refractivity contribution in [1.82, 2.24) is 5.32 Å². The molecule has 0 spiro atoms. The van der Waals surface area contributed by atoms with E-state index in [1.807, 2.05) is 60.7 Å². The van der Waals surface area contributed by atoms with E-state index < -0.39 is 0 Å². The fourth-order valence-electron chi connectivity index (χ4n) is 4.16. The highest BCUT2D eigenvalue weighted by Gasteiger charge is 2.31. The average molecular weight is 429 g/mol. The number of carbonyl (C=O) groups excluding carboxylic acids is 1. The van der Waals surface area contributed by atoms with Gasteiger partial charge < -0.3 is 24.3 Å². The summed E-state index contributed by atoms with van der Waals surface area (Å²) in [4.78, 5) is 13.3. The monoisotopic (exact) mass is 429 g/mol. The van der Waals surface area contributed by atoms with Gasteiger partial charge in [-0.05, 0) is 41.8 Å². The van der Waals surface area contributed by atoms with E-state index in [2.05, 4.69) is 5.32 Å². The van der Waals surface area contributed by atoms with Crippen LogP contribution < -0.4 is 24.3 Å². The van der Waals surface area contributed by atoms with Gasteiger partial charge in [-0.2, -0.15) is 0 Å². The number of fused-ring (bicyclic) bond motifs is 2. The van der Waals surface area contributed by atoms with Gasteiger partial charge in [0.05, 0.1) is 25.5 Å². The van der Waals surface area contributed by atoms with Crippen molar-refractivity contribution in [3.63, 3.8) is 0 Å². The Kier molecular flexibility index (Phi) is 5.19. The first kappa shape index (κ1) is 20.0. The highest BCUT2D eigenvalue weighted by Crippen LogP contribution is 2.41. The SMILES string of the molecule is COc1ccc(CCNC2=C(c3ccc4c(c3)OCO4)C(=O)c3ccccc32)cc1OC. The Balaban J connectivity index is 1.44. The molecule has 1 N–H and O–H groups in total. The molecule has 0 saturated carbocycles. The minimum absolute atomic E-state index is 0.00748. The van der Waals surface area contributed by atoms with Crippen LogP contribution >= 0.6 is 0 Å². The standard InChI is InChI=1S/C26H23NO5/c1-29-20-9-7-16(13-22(20)30-2)11-12-27-25-18-5-3-4-6-19(18)26(28)24(25)17-8-10-21-23(14-17)32-15-31-21/h3-10,13-14,27H,11-12,15H2,1-2H3. The number of hydrogen-bond donors (Lipinski definition) is 1. The number of rotatable bonds is 7. The number of nitrogens with one attached hydrogen (secondary N) is 1. The first-order valence-corrected chi connectivity index (χ1v) is 10.4. The zero-order valence-corrected chi connectivity index (χ0v) is 17.9. The summed E-state index contributed by atoms with van der Waals surface area (Å²) in [7, 11) is 3.25. The number of allylic oxidation sites excluding steroid dienone is 1. The van der Waals surface area contributed by atoms with E-state index >= 15 is 0 Å². The lowest BCUT2D eigenvalue weighted by atomic mass is 10.0. The number of ether oxygens (including phenoxy) is 4. The maximum atomic E-state index is 13.3. The molecule has 3 aromatic rings. The summed E-state index contributed by atoms with van der Waals surface area (Å²) in [5.41, 5.74) is 5.02. The van der Waals surface area contributed by atoms with Gasteiger partial charge in [0, 0.05) is 17.7 Å². The molecule has 0 unspecified atom stereocenters. The maximum absolute atomic E-state index is 13.3. The minimum atomic E-state index is 0.00748. The topological polar surface area (TPSA) is 66.0 Å². The van der Waals surface area contributed by atoms with Gasteiger partial charge in [-0.15, -0.1) is 0 Å². The van der Waals surface area contributed by atoms with Crippen LogP contribution in [0.15, 0.2) is 60.7 Å². The summed E-state index contributed by atoms with van der Waals surface area (Å²) in [6.07, 6.45) is 0.759. The third-order valence-corrected chi connectivity index (χ3v) is 5.74. The summed E-state index contributed by atoms with van der Waals surface area (Å²) < 4.78 is 21.7. The van der Waals surface area contributed by atoms with E-state index in [1.54, 1.807) is 14.2 Å². The van der Waals surface area contributed by atoms with Gasteiger partial charge in [0.25, 0.3) is 0 Å². The van der Waals surface area contributed by atoms with Crippen molar-refractivity contribution in [3.8, 4) is 23.0 Å². The first-order chi connectivity index (χ1) is 15.7. The Hall–Kier alpha value is -3.93. The molecule has 0 bridgehead atoms. The number of hydrogen-bond acceptors (Lipinski definition) is 6. The van der Waals surface area contributed by atoms with E-state index in [1.165, 1.54) is 0 Å². The molecular formula is C26H23NO5. The molecule has 1 aliphatic heterocycles. The fraction of sp³-hybridized carbons (Fsp3) is 0.192. The van der Waals surface area contributed by atoms with Crippen molar-refractivity contribution in [2.24, 2.45) is 0 Å². The van der Waals surface area contributed by atoms with Crippen molar-refractivity contribution < 1.29 is 23.7 Å². The Labute approximate surface area is 186 Å². The predicted octanol–water partition coefficient (Wildman–Crippen LogP) is 4.33. The second-order valence-corrected chi connectivity index (χ2v) is 7.56. The molecule has 32 heavy (non-hydrogen) atoms. The van der Waals surface area contributed by atoms with Gasteiger partial charge in [-0.1, -0.05) is 36.4 Å². The van der Waals surface area contributed by atoms with Gasteiger partial charge in [0.2, 0.25) is 6.79 Å². The van der Waals surface area contributed by atoms with Crippen LogP contribution in [0.4, 0.5) is 0 Å². The van der Waals surface area contributed by atoms with E-state index in [-0.39, 0.29) is 12.6 Å². The van der Waals surface area contributed by atoms with Crippen LogP contribution in [-0.4, -0.2) is 33.3 Å². The summed E-state index contributed by atoms with van der Waals surface area (Å²) in [6, 6.07) is 19.2. The Morgan fingerprint density at radius 3 is 2.47 bits per heavy atom. The van der Waals surface area contributed by atoms with Crippen molar-refractivity contribution in [1.29, 1.82) is 0 Å². The zero-order valence-electron chi connectivity index (χ0n) is 17.9. The van der Waals surface area contributed by atoms with Crippen molar-refractivity contribution in [2.45, 2.75) is 6.42 Å². The van der Waals surface area contributed by atoms with Gasteiger partial charge >= 0.3 is 0 Å². The normalized spacial score (nSPS) is 13.9. The molecule has 0 atom stereocenters. The van der Waals surface area contributed by atoms with Crippen molar-refractivity contribution in [3.05, 3.63) is 82.9 Å². The second-order valence-electron chi connectivity index (χ2n) is 7.56. The molecule has 162 valence electrons. The Bertz CT molecular complexity index is 1230. The maximum Gasteiger partial charge on any atom is 0.231 e. The van der Waals surface area contributed by atoms with E-state index in [9.17, 15) is 4.79 Å². The minimum Gasteiger partial charge on any atom is -0.493 e. The summed E-state index contributed by atoms with van der Waals surface area (Å²) in [6.45, 7) is 0.850. The molecule has 0 amide bonds. The van der Waals surface area contributed by atoms with Crippen LogP contribution in [0.5, 0.6) is 23.0 Å². The molecule has 0 aromatic heterocycles. The average Bonchev–Trinajstić information content (AvgIpc) is 3.41. The highest BCUT2D eigenvalue weighted by atomic mass is 16.7. The van der Waals surface area contributed by atoms with Crippen LogP contribution in [0.25, 0.3) is 11.3 Å². The van der Waals surface area contributed by atoms with Crippen LogP contribution in [0.3, 0.4) is 0 Å². The van der Waals surface area contributed by atoms with Gasteiger partial charge in [-0.3, -0.25) is 4.79 Å². The molecule has 2 aliphatic rings. The summed E-state index contributed by atoms with van der Waals surface area (Å²) >= 11 is 0. The smallest absolute Gasteiger partial charge is 0.231 e. The van der Waals surface area contributed by atoms with Crippen molar-refractivity contribution >= 4 is 17.1 Å². The molecule has 5 rings (SSSR count). The fourth-order valence-corrected chi connectivity index (χ4v) is 4.16. The zero-order chi connectivity index (χ0) is 22.1. The largest absolute Gasteiger partial charge is 0.493 e. The lowest BCUT2D eigenvalue weighted by Crippen LogP contribution is -2.16.